The quantitative estimate of drug-likeness (QED) is 0.555. The number of aryl methyl sites for hydroxylation is 3. The summed E-state index contributed by atoms with van der Waals surface area (Å²) in [6.45, 7) is 3.85. The highest BCUT2D eigenvalue weighted by Gasteiger charge is 2.12. The third-order valence-electron chi connectivity index (χ3n) is 3.00. The van der Waals surface area contributed by atoms with Crippen molar-refractivity contribution in [2.24, 2.45) is 0 Å². The van der Waals surface area contributed by atoms with Crippen LogP contribution in [0.15, 0.2) is 31.8 Å². The molecule has 0 fully saturated rings. The van der Waals surface area contributed by atoms with Gasteiger partial charge in [-0.25, -0.2) is 4.79 Å². The van der Waals surface area contributed by atoms with Gasteiger partial charge in [0.05, 0.1) is 0 Å². The Morgan fingerprint density at radius 1 is 1.12 bits per heavy atom. The molecule has 0 bridgehead atoms. The third kappa shape index (κ3) is 1.39. The first-order chi connectivity index (χ1) is 8.60. The maximum absolute atomic E-state index is 11.4. The van der Waals surface area contributed by atoms with Gasteiger partial charge in [-0.05, 0) is 38.4 Å². The zero-order chi connectivity index (χ0) is 12.9. The van der Waals surface area contributed by atoms with Crippen LogP contribution in [0.5, 0.6) is 0 Å². The van der Waals surface area contributed by atoms with Gasteiger partial charge >= 0.3 is 5.63 Å². The summed E-state index contributed by atoms with van der Waals surface area (Å²) < 4.78 is 18.2. The summed E-state index contributed by atoms with van der Waals surface area (Å²) in [7, 11) is 0. The number of benzene rings is 1. The monoisotopic (exact) mass is 230 g/mol. The van der Waals surface area contributed by atoms with Crippen LogP contribution in [0.2, 0.25) is 0 Å². The minimum atomic E-state index is -0.352. The normalized spacial score (nSPS) is 12.2. The first-order valence-electron chi connectivity index (χ1n) is 6.06. The second-order valence-corrected chi connectivity index (χ2v) is 4.26. The first kappa shape index (κ1) is 9.05. The van der Waals surface area contributed by atoms with E-state index in [0.717, 1.165) is 21.9 Å². The lowest BCUT2D eigenvalue weighted by Crippen LogP contribution is -1.98. The number of fused-ring (bicyclic) bond motifs is 2. The number of hydrogen-bond donors (Lipinski definition) is 0. The predicted molar refractivity (Wildman–Crippen MR) is 66.5 cm³/mol. The molecule has 3 nitrogen and oxygen atoms in total. The molecule has 17 heavy (non-hydrogen) atoms. The maximum Gasteiger partial charge on any atom is 0.336 e. The van der Waals surface area contributed by atoms with Crippen LogP contribution in [-0.2, 0) is 0 Å². The molecule has 3 heteroatoms. The zero-order valence-corrected chi connectivity index (χ0v) is 9.66. The van der Waals surface area contributed by atoms with Crippen LogP contribution in [0.1, 0.15) is 18.3 Å². The predicted octanol–water partition coefficient (Wildman–Crippen LogP) is 3.46. The van der Waals surface area contributed by atoms with E-state index in [4.69, 9.17) is 10.2 Å². The molecular formula is C14H12O3. The van der Waals surface area contributed by atoms with Gasteiger partial charge in [0.15, 0.2) is 0 Å². The molecule has 0 atom stereocenters. The fourth-order valence-corrected chi connectivity index (χ4v) is 2.19. The van der Waals surface area contributed by atoms with Crippen LogP contribution in [0, 0.1) is 20.7 Å². The van der Waals surface area contributed by atoms with E-state index in [1.54, 1.807) is 0 Å². The van der Waals surface area contributed by atoms with Gasteiger partial charge < -0.3 is 8.83 Å². The second kappa shape index (κ2) is 3.23. The minimum Gasteiger partial charge on any atom is -0.461 e. The Balaban J connectivity index is 2.54. The highest BCUT2D eigenvalue weighted by Crippen LogP contribution is 2.30. The van der Waals surface area contributed by atoms with E-state index in [1.165, 1.54) is 6.07 Å². The lowest BCUT2D eigenvalue weighted by atomic mass is 10.1. The Labute approximate surface area is 99.1 Å². The molecule has 0 saturated carbocycles. The molecule has 0 unspecified atom stereocenters. The molecule has 0 aliphatic rings. The van der Waals surface area contributed by atoms with Crippen molar-refractivity contribution in [1.82, 2.24) is 0 Å². The fraction of sp³-hybridized carbons (Fsp3) is 0.214. The van der Waals surface area contributed by atoms with Crippen molar-refractivity contribution in [2.45, 2.75) is 20.7 Å². The summed E-state index contributed by atoms with van der Waals surface area (Å²) in [5.41, 5.74) is 2.61. The molecule has 3 rings (SSSR count). The summed E-state index contributed by atoms with van der Waals surface area (Å²) in [4.78, 5) is 11.4. The summed E-state index contributed by atoms with van der Waals surface area (Å²) in [6, 6.07) is 5.29. The topological polar surface area (TPSA) is 43.4 Å². The Morgan fingerprint density at radius 2 is 1.94 bits per heavy atom. The van der Waals surface area contributed by atoms with Crippen molar-refractivity contribution in [2.75, 3.05) is 0 Å². The Kier molecular flexibility index (Phi) is 1.72. The molecule has 2 heterocycles. The largest absolute Gasteiger partial charge is 0.461 e. The van der Waals surface area contributed by atoms with Crippen LogP contribution < -0.4 is 5.63 Å². The van der Waals surface area contributed by atoms with Crippen molar-refractivity contribution in [3.8, 4) is 0 Å². The van der Waals surface area contributed by atoms with Gasteiger partial charge in [0.2, 0.25) is 0 Å². The van der Waals surface area contributed by atoms with Gasteiger partial charge in [-0.1, -0.05) is 0 Å². The number of hydrogen-bond acceptors (Lipinski definition) is 3. The lowest BCUT2D eigenvalue weighted by Gasteiger charge is -2.03. The Morgan fingerprint density at radius 3 is 2.71 bits per heavy atom. The molecule has 1 aromatic carbocycles. The van der Waals surface area contributed by atoms with Gasteiger partial charge in [0.1, 0.15) is 16.9 Å². The summed E-state index contributed by atoms with van der Waals surface area (Å²) >= 11 is 0. The van der Waals surface area contributed by atoms with E-state index < -0.39 is 0 Å². The zero-order valence-electron chi connectivity index (χ0n) is 10.7. The molecular weight excluding hydrogens is 216 g/mol. The summed E-state index contributed by atoms with van der Waals surface area (Å²) in [5.74, 6) is 0.614. The van der Waals surface area contributed by atoms with E-state index in [-0.39, 0.29) is 12.5 Å². The van der Waals surface area contributed by atoms with Crippen LogP contribution in [0.3, 0.4) is 0 Å². The molecule has 0 N–H and O–H groups in total. The highest BCUT2D eigenvalue weighted by atomic mass is 16.4. The standard InChI is InChI=1S/C14H12O3/c1-7-4-12(15)17-14-9(3)13-10(6-11(7)14)5-8(2)16-13/h4-6H,1-3H3/i2T. The molecule has 0 saturated heterocycles. The maximum atomic E-state index is 11.4. The van der Waals surface area contributed by atoms with Crippen LogP contribution >= 0.6 is 0 Å². The lowest BCUT2D eigenvalue weighted by molar-refractivity contribution is 0.551. The van der Waals surface area contributed by atoms with Crippen molar-refractivity contribution in [1.29, 1.82) is 0 Å². The van der Waals surface area contributed by atoms with Gasteiger partial charge in [-0.15, -0.1) is 0 Å². The van der Waals surface area contributed by atoms with E-state index >= 15 is 0 Å². The van der Waals surface area contributed by atoms with Crippen molar-refractivity contribution >= 4 is 21.9 Å². The smallest absolute Gasteiger partial charge is 0.336 e. The van der Waals surface area contributed by atoms with Crippen LogP contribution in [-0.4, -0.2) is 0 Å². The average Bonchev–Trinajstić information content (AvgIpc) is 2.74. The summed E-state index contributed by atoms with van der Waals surface area (Å²) in [5, 5.41) is 1.86. The van der Waals surface area contributed by atoms with E-state index in [9.17, 15) is 4.79 Å². The van der Waals surface area contributed by atoms with Gasteiger partial charge in [0, 0.05) is 23.8 Å². The van der Waals surface area contributed by atoms with Crippen LogP contribution in [0.4, 0.5) is 0 Å². The molecule has 0 spiro atoms. The number of rotatable bonds is 0. The second-order valence-electron chi connectivity index (χ2n) is 4.26. The van der Waals surface area contributed by atoms with Crippen molar-refractivity contribution in [3.63, 3.8) is 0 Å². The number of furan rings is 1. The molecule has 0 aliphatic heterocycles. The minimum absolute atomic E-state index is 0.105. The van der Waals surface area contributed by atoms with E-state index in [2.05, 4.69) is 0 Å². The molecule has 0 aliphatic carbocycles. The molecule has 3 aromatic rings. The summed E-state index contributed by atoms with van der Waals surface area (Å²) in [6.07, 6.45) is 0. The van der Waals surface area contributed by atoms with E-state index in [0.29, 0.717) is 16.9 Å². The van der Waals surface area contributed by atoms with Gasteiger partial charge in [-0.3, -0.25) is 0 Å². The SMILES string of the molecule is [3H]Cc1cc2cc3c(C)cc(=O)oc3c(C)c2o1. The fourth-order valence-electron chi connectivity index (χ4n) is 2.19. The highest BCUT2D eigenvalue weighted by molar-refractivity contribution is 5.98. The molecule has 86 valence electrons. The van der Waals surface area contributed by atoms with Crippen LogP contribution in [0.25, 0.3) is 21.9 Å². The molecule has 2 aromatic heterocycles. The van der Waals surface area contributed by atoms with E-state index in [1.807, 2.05) is 26.0 Å². The van der Waals surface area contributed by atoms with Crippen molar-refractivity contribution < 1.29 is 10.2 Å². The average molecular weight is 230 g/mol. The third-order valence-corrected chi connectivity index (χ3v) is 3.00. The first-order valence-corrected chi connectivity index (χ1v) is 5.36. The Bertz CT molecular complexity index is 811. The van der Waals surface area contributed by atoms with Crippen molar-refractivity contribution in [3.05, 3.63) is 45.5 Å². The molecule has 0 amide bonds. The van der Waals surface area contributed by atoms with Gasteiger partial charge in [0.25, 0.3) is 0 Å². The molecule has 0 radical (unpaired) electrons. The Hall–Kier alpha value is -2.03. The van der Waals surface area contributed by atoms with Gasteiger partial charge in [-0.2, -0.15) is 0 Å².